The summed E-state index contributed by atoms with van der Waals surface area (Å²) in [5, 5.41) is 32.9. The summed E-state index contributed by atoms with van der Waals surface area (Å²) in [5.74, 6) is -0.508. The van der Waals surface area contributed by atoms with Crippen LogP contribution in [0.15, 0.2) is 53.4 Å². The van der Waals surface area contributed by atoms with E-state index in [1.165, 1.54) is 35.6 Å². The van der Waals surface area contributed by atoms with Crippen LogP contribution in [0.5, 0.6) is 17.2 Å². The van der Waals surface area contributed by atoms with Gasteiger partial charge in [0.2, 0.25) is 0 Å². The average molecular weight is 393 g/mol. The number of hydrogen-bond acceptors (Lipinski definition) is 7. The Morgan fingerprint density at radius 2 is 1.96 bits per heavy atom. The molecule has 0 spiro atoms. The number of phenolic OH excluding ortho intramolecular Hbond substituents is 2. The molecule has 3 aromatic rings. The summed E-state index contributed by atoms with van der Waals surface area (Å²) in [6.07, 6.45) is 1.31. The first-order chi connectivity index (χ1) is 13.5. The van der Waals surface area contributed by atoms with Gasteiger partial charge in [0.25, 0.3) is 5.91 Å². The van der Waals surface area contributed by atoms with E-state index in [0.717, 1.165) is 11.3 Å². The number of ether oxygens (including phenoxy) is 1. The number of rotatable bonds is 5. The van der Waals surface area contributed by atoms with Crippen LogP contribution < -0.4 is 10.1 Å². The Labute approximate surface area is 164 Å². The van der Waals surface area contributed by atoms with Crippen molar-refractivity contribution < 1.29 is 19.7 Å². The average Bonchev–Trinajstić information content (AvgIpc) is 3.17. The summed E-state index contributed by atoms with van der Waals surface area (Å²) < 4.78 is 5.12. The molecule has 8 heteroatoms. The Kier molecular flexibility index (Phi) is 5.58. The molecule has 0 fully saturated rings. The van der Waals surface area contributed by atoms with Gasteiger partial charge in [-0.15, -0.1) is 11.3 Å². The zero-order chi connectivity index (χ0) is 20.1. The SMILES string of the molecule is COc1ccc(-c2csc(NC(=O)/C(C#N)=C/c3ccc(O)c(O)c3)n2)cc1. The highest BCUT2D eigenvalue weighted by Gasteiger charge is 2.13. The third kappa shape index (κ3) is 4.28. The predicted octanol–water partition coefficient (Wildman–Crippen LogP) is 3.78. The predicted molar refractivity (Wildman–Crippen MR) is 106 cm³/mol. The molecule has 0 bridgehead atoms. The number of thiazole rings is 1. The molecule has 0 atom stereocenters. The topological polar surface area (TPSA) is 115 Å². The summed E-state index contributed by atoms with van der Waals surface area (Å²) in [4.78, 5) is 16.7. The molecule has 0 saturated carbocycles. The molecule has 3 N–H and O–H groups in total. The maximum atomic E-state index is 12.4. The number of amides is 1. The van der Waals surface area contributed by atoms with Gasteiger partial charge >= 0.3 is 0 Å². The van der Waals surface area contributed by atoms with E-state index in [9.17, 15) is 20.3 Å². The summed E-state index contributed by atoms with van der Waals surface area (Å²) in [6.45, 7) is 0. The lowest BCUT2D eigenvalue weighted by molar-refractivity contribution is -0.112. The second-order valence-corrected chi connectivity index (χ2v) is 6.50. The minimum Gasteiger partial charge on any atom is -0.504 e. The molecule has 0 radical (unpaired) electrons. The molecular weight excluding hydrogens is 378 g/mol. The van der Waals surface area contributed by atoms with E-state index in [4.69, 9.17) is 4.74 Å². The fourth-order valence-corrected chi connectivity index (χ4v) is 3.05. The molecule has 0 saturated heterocycles. The molecule has 0 unspecified atom stereocenters. The summed E-state index contributed by atoms with van der Waals surface area (Å²) in [7, 11) is 1.59. The second-order valence-electron chi connectivity index (χ2n) is 5.64. The third-order valence-electron chi connectivity index (χ3n) is 3.79. The summed E-state index contributed by atoms with van der Waals surface area (Å²) in [6, 6.07) is 13.2. The van der Waals surface area contributed by atoms with Crippen molar-refractivity contribution in [3.05, 3.63) is 59.0 Å². The van der Waals surface area contributed by atoms with Gasteiger partial charge in [-0.3, -0.25) is 10.1 Å². The molecule has 2 aromatic carbocycles. The van der Waals surface area contributed by atoms with Crippen LogP contribution in [-0.4, -0.2) is 28.2 Å². The van der Waals surface area contributed by atoms with Crippen molar-refractivity contribution in [2.45, 2.75) is 0 Å². The number of nitriles is 1. The van der Waals surface area contributed by atoms with Gasteiger partial charge in [0, 0.05) is 10.9 Å². The molecule has 0 aliphatic rings. The molecule has 3 rings (SSSR count). The number of nitrogens with zero attached hydrogens (tertiary/aromatic N) is 2. The number of aromatic nitrogens is 1. The minimum atomic E-state index is -0.620. The lowest BCUT2D eigenvalue weighted by Crippen LogP contribution is -2.13. The maximum Gasteiger partial charge on any atom is 0.268 e. The van der Waals surface area contributed by atoms with Crippen molar-refractivity contribution in [1.82, 2.24) is 4.98 Å². The Morgan fingerprint density at radius 1 is 1.21 bits per heavy atom. The number of nitrogens with one attached hydrogen (secondary N) is 1. The fourth-order valence-electron chi connectivity index (χ4n) is 2.34. The largest absolute Gasteiger partial charge is 0.504 e. The second kappa shape index (κ2) is 8.24. The van der Waals surface area contributed by atoms with E-state index in [1.807, 2.05) is 30.3 Å². The molecule has 1 aromatic heterocycles. The van der Waals surface area contributed by atoms with Crippen molar-refractivity contribution in [2.24, 2.45) is 0 Å². The minimum absolute atomic E-state index is 0.161. The number of methoxy groups -OCH3 is 1. The van der Waals surface area contributed by atoms with Crippen molar-refractivity contribution >= 4 is 28.5 Å². The lowest BCUT2D eigenvalue weighted by Gasteiger charge is -2.02. The van der Waals surface area contributed by atoms with E-state index in [0.29, 0.717) is 16.4 Å². The van der Waals surface area contributed by atoms with E-state index in [2.05, 4.69) is 10.3 Å². The van der Waals surface area contributed by atoms with Crippen LogP contribution in [0.2, 0.25) is 0 Å². The van der Waals surface area contributed by atoms with Crippen molar-refractivity contribution in [3.63, 3.8) is 0 Å². The molecule has 1 amide bonds. The van der Waals surface area contributed by atoms with Crippen molar-refractivity contribution in [3.8, 4) is 34.6 Å². The maximum absolute atomic E-state index is 12.4. The summed E-state index contributed by atoms with van der Waals surface area (Å²) >= 11 is 1.24. The van der Waals surface area contributed by atoms with Crippen LogP contribution in [0.25, 0.3) is 17.3 Å². The zero-order valence-corrected chi connectivity index (χ0v) is 15.5. The molecule has 0 aliphatic heterocycles. The smallest absolute Gasteiger partial charge is 0.268 e. The Bertz CT molecular complexity index is 1080. The zero-order valence-electron chi connectivity index (χ0n) is 14.7. The van der Waals surface area contributed by atoms with Gasteiger partial charge in [0.05, 0.1) is 12.8 Å². The molecular formula is C20H15N3O4S. The van der Waals surface area contributed by atoms with E-state index in [-0.39, 0.29) is 17.1 Å². The molecule has 7 nitrogen and oxygen atoms in total. The number of carbonyl (C=O) groups excluding carboxylic acids is 1. The number of aromatic hydroxyl groups is 2. The quantitative estimate of drug-likeness (QED) is 0.345. The number of anilines is 1. The van der Waals surface area contributed by atoms with Crippen LogP contribution in [0.4, 0.5) is 5.13 Å². The summed E-state index contributed by atoms with van der Waals surface area (Å²) in [5.41, 5.74) is 1.80. The number of carbonyl (C=O) groups is 1. The Hall–Kier alpha value is -3.83. The lowest BCUT2D eigenvalue weighted by atomic mass is 10.1. The van der Waals surface area contributed by atoms with E-state index in [1.54, 1.807) is 12.5 Å². The number of benzene rings is 2. The number of phenols is 2. The Morgan fingerprint density at radius 3 is 2.61 bits per heavy atom. The fraction of sp³-hybridized carbons (Fsp3) is 0.0500. The van der Waals surface area contributed by atoms with Crippen molar-refractivity contribution in [2.75, 3.05) is 12.4 Å². The van der Waals surface area contributed by atoms with Gasteiger partial charge < -0.3 is 14.9 Å². The van der Waals surface area contributed by atoms with Gasteiger partial charge in [0.15, 0.2) is 16.6 Å². The van der Waals surface area contributed by atoms with Crippen LogP contribution in [0.3, 0.4) is 0 Å². The van der Waals surface area contributed by atoms with Crippen LogP contribution in [0.1, 0.15) is 5.56 Å². The van der Waals surface area contributed by atoms with Gasteiger partial charge in [0.1, 0.15) is 17.4 Å². The van der Waals surface area contributed by atoms with Crippen molar-refractivity contribution in [1.29, 1.82) is 5.26 Å². The molecule has 28 heavy (non-hydrogen) atoms. The third-order valence-corrected chi connectivity index (χ3v) is 4.54. The Balaban J connectivity index is 1.76. The number of hydrogen-bond donors (Lipinski definition) is 3. The van der Waals surface area contributed by atoms with E-state index >= 15 is 0 Å². The van der Waals surface area contributed by atoms with Crippen LogP contribution in [-0.2, 0) is 4.79 Å². The highest BCUT2D eigenvalue weighted by atomic mass is 32.1. The standard InChI is InChI=1S/C20H15N3O4S/c1-27-15-5-3-13(4-6-15)16-11-28-20(22-16)23-19(26)14(10-21)8-12-2-7-17(24)18(25)9-12/h2-9,11,24-25H,1H3,(H,22,23,26)/b14-8+. The first-order valence-corrected chi connectivity index (χ1v) is 8.93. The van der Waals surface area contributed by atoms with Gasteiger partial charge in [-0.2, -0.15) is 5.26 Å². The van der Waals surface area contributed by atoms with Crippen LogP contribution in [0, 0.1) is 11.3 Å². The monoisotopic (exact) mass is 393 g/mol. The molecule has 140 valence electrons. The van der Waals surface area contributed by atoms with Gasteiger partial charge in [-0.25, -0.2) is 4.98 Å². The normalized spacial score (nSPS) is 10.9. The van der Waals surface area contributed by atoms with E-state index < -0.39 is 5.91 Å². The molecule has 1 heterocycles. The first-order valence-electron chi connectivity index (χ1n) is 8.05. The molecule has 0 aliphatic carbocycles. The first kappa shape index (κ1) is 18.9. The van der Waals surface area contributed by atoms with Gasteiger partial charge in [-0.1, -0.05) is 6.07 Å². The van der Waals surface area contributed by atoms with Crippen LogP contribution >= 0.6 is 11.3 Å². The highest BCUT2D eigenvalue weighted by Crippen LogP contribution is 2.28. The highest BCUT2D eigenvalue weighted by molar-refractivity contribution is 7.14. The van der Waals surface area contributed by atoms with Gasteiger partial charge in [-0.05, 0) is 48.0 Å².